The molecule has 5 nitrogen and oxygen atoms in total. The monoisotopic (exact) mass is 185 g/mol. The highest BCUT2D eigenvalue weighted by molar-refractivity contribution is 5.98. The predicted molar refractivity (Wildman–Crippen MR) is 45.6 cm³/mol. The Kier molecular flexibility index (Phi) is 3.70. The molecule has 1 heterocycles. The van der Waals surface area contributed by atoms with Gasteiger partial charge in [0.25, 0.3) is 0 Å². The molecular formula is C8H13N2O3. The molecule has 0 unspecified atom stereocenters. The van der Waals surface area contributed by atoms with Crippen molar-refractivity contribution in [1.82, 2.24) is 5.32 Å². The summed E-state index contributed by atoms with van der Waals surface area (Å²) in [5, 5.41) is 1.99. The SMILES string of the molecule is NC(=O)NC(=O)[CH]C1CCOCC1. The number of hydrogen-bond acceptors (Lipinski definition) is 3. The second kappa shape index (κ2) is 4.81. The van der Waals surface area contributed by atoms with E-state index in [0.717, 1.165) is 12.8 Å². The van der Waals surface area contributed by atoms with E-state index in [1.807, 2.05) is 5.32 Å². The van der Waals surface area contributed by atoms with E-state index in [-0.39, 0.29) is 5.92 Å². The maximum Gasteiger partial charge on any atom is 0.318 e. The molecule has 1 aliphatic rings. The Morgan fingerprint density at radius 2 is 2.00 bits per heavy atom. The molecule has 1 rings (SSSR count). The third kappa shape index (κ3) is 3.89. The second-order valence-electron chi connectivity index (χ2n) is 2.97. The van der Waals surface area contributed by atoms with Crippen LogP contribution in [0.1, 0.15) is 12.8 Å². The van der Waals surface area contributed by atoms with Gasteiger partial charge in [0.05, 0.1) is 6.42 Å². The summed E-state index contributed by atoms with van der Waals surface area (Å²) >= 11 is 0. The van der Waals surface area contributed by atoms with Crippen LogP contribution in [0, 0.1) is 12.3 Å². The van der Waals surface area contributed by atoms with Crippen LogP contribution in [-0.4, -0.2) is 25.2 Å². The molecule has 13 heavy (non-hydrogen) atoms. The van der Waals surface area contributed by atoms with Crippen LogP contribution in [0.2, 0.25) is 0 Å². The molecule has 0 spiro atoms. The van der Waals surface area contributed by atoms with Crippen molar-refractivity contribution in [2.45, 2.75) is 12.8 Å². The number of nitrogens with two attached hydrogens (primary N) is 1. The molecule has 0 atom stereocenters. The molecule has 0 aromatic carbocycles. The lowest BCUT2D eigenvalue weighted by Crippen LogP contribution is -2.37. The quantitative estimate of drug-likeness (QED) is 0.625. The molecule has 1 saturated heterocycles. The van der Waals surface area contributed by atoms with E-state index in [4.69, 9.17) is 10.5 Å². The van der Waals surface area contributed by atoms with Crippen molar-refractivity contribution in [3.63, 3.8) is 0 Å². The van der Waals surface area contributed by atoms with Crippen LogP contribution >= 0.6 is 0 Å². The summed E-state index contributed by atoms with van der Waals surface area (Å²) in [6, 6.07) is -0.812. The van der Waals surface area contributed by atoms with Crippen LogP contribution in [0.25, 0.3) is 0 Å². The van der Waals surface area contributed by atoms with Gasteiger partial charge in [-0.1, -0.05) is 0 Å². The average molecular weight is 185 g/mol. The summed E-state index contributed by atoms with van der Waals surface area (Å²) in [6.45, 7) is 1.34. The maximum atomic E-state index is 11.0. The van der Waals surface area contributed by atoms with Gasteiger partial charge in [0.1, 0.15) is 0 Å². The summed E-state index contributed by atoms with van der Waals surface area (Å²) in [7, 11) is 0. The van der Waals surface area contributed by atoms with E-state index in [9.17, 15) is 9.59 Å². The Morgan fingerprint density at radius 1 is 1.38 bits per heavy atom. The molecule has 0 aromatic heterocycles. The highest BCUT2D eigenvalue weighted by Crippen LogP contribution is 2.16. The van der Waals surface area contributed by atoms with Gasteiger partial charge in [0.15, 0.2) is 0 Å². The zero-order chi connectivity index (χ0) is 9.68. The largest absolute Gasteiger partial charge is 0.381 e. The second-order valence-corrected chi connectivity index (χ2v) is 2.97. The van der Waals surface area contributed by atoms with Crippen molar-refractivity contribution in [3.05, 3.63) is 6.42 Å². The molecule has 5 heteroatoms. The Balaban J connectivity index is 2.22. The van der Waals surface area contributed by atoms with Crippen LogP contribution < -0.4 is 11.1 Å². The highest BCUT2D eigenvalue weighted by atomic mass is 16.5. The summed E-state index contributed by atoms with van der Waals surface area (Å²) in [5.41, 5.74) is 4.78. The van der Waals surface area contributed by atoms with Crippen LogP contribution in [-0.2, 0) is 9.53 Å². The van der Waals surface area contributed by atoms with Crippen LogP contribution in [0.4, 0.5) is 4.79 Å². The topological polar surface area (TPSA) is 81.4 Å². The van der Waals surface area contributed by atoms with Crippen molar-refractivity contribution in [2.24, 2.45) is 11.7 Å². The predicted octanol–water partition coefficient (Wildman–Crippen LogP) is -0.188. The third-order valence-electron chi connectivity index (χ3n) is 1.90. The van der Waals surface area contributed by atoms with Gasteiger partial charge in [-0.05, 0) is 18.8 Å². The molecule has 0 saturated carbocycles. The van der Waals surface area contributed by atoms with Gasteiger partial charge in [0.2, 0.25) is 5.91 Å². The maximum absolute atomic E-state index is 11.0. The number of nitrogens with one attached hydrogen (secondary N) is 1. The molecule has 0 aromatic rings. The number of rotatable bonds is 2. The smallest absolute Gasteiger partial charge is 0.318 e. The fraction of sp³-hybridized carbons (Fsp3) is 0.625. The lowest BCUT2D eigenvalue weighted by molar-refractivity contribution is -0.117. The summed E-state index contributed by atoms with van der Waals surface area (Å²) in [5.74, 6) is -0.215. The van der Waals surface area contributed by atoms with Gasteiger partial charge >= 0.3 is 6.03 Å². The van der Waals surface area contributed by atoms with E-state index in [2.05, 4.69) is 0 Å². The first-order chi connectivity index (χ1) is 6.18. The molecule has 73 valence electrons. The zero-order valence-electron chi connectivity index (χ0n) is 7.29. The van der Waals surface area contributed by atoms with Gasteiger partial charge in [-0.15, -0.1) is 0 Å². The lowest BCUT2D eigenvalue weighted by atomic mass is 9.96. The number of amides is 3. The summed E-state index contributed by atoms with van der Waals surface area (Å²) in [6.07, 6.45) is 3.14. The van der Waals surface area contributed by atoms with E-state index >= 15 is 0 Å². The Morgan fingerprint density at radius 3 is 2.54 bits per heavy atom. The first-order valence-electron chi connectivity index (χ1n) is 4.21. The fourth-order valence-electron chi connectivity index (χ4n) is 1.26. The number of ether oxygens (including phenoxy) is 1. The molecule has 3 amide bonds. The van der Waals surface area contributed by atoms with Gasteiger partial charge in [0, 0.05) is 13.2 Å². The molecular weight excluding hydrogens is 172 g/mol. The minimum absolute atomic E-state index is 0.202. The minimum atomic E-state index is -0.812. The number of primary amides is 1. The van der Waals surface area contributed by atoms with E-state index in [1.54, 1.807) is 0 Å². The molecule has 3 N–H and O–H groups in total. The van der Waals surface area contributed by atoms with Crippen molar-refractivity contribution in [2.75, 3.05) is 13.2 Å². The Hall–Kier alpha value is -1.10. The highest BCUT2D eigenvalue weighted by Gasteiger charge is 2.18. The fourth-order valence-corrected chi connectivity index (χ4v) is 1.26. The van der Waals surface area contributed by atoms with Crippen molar-refractivity contribution >= 4 is 11.9 Å². The van der Waals surface area contributed by atoms with Gasteiger partial charge in [-0.3, -0.25) is 10.1 Å². The molecule has 1 aliphatic heterocycles. The number of carbonyl (C=O) groups is 2. The molecule has 0 aliphatic carbocycles. The van der Waals surface area contributed by atoms with Crippen molar-refractivity contribution in [1.29, 1.82) is 0 Å². The van der Waals surface area contributed by atoms with Gasteiger partial charge in [-0.25, -0.2) is 4.79 Å². The van der Waals surface area contributed by atoms with Crippen molar-refractivity contribution < 1.29 is 14.3 Å². The number of imide groups is 1. The van der Waals surface area contributed by atoms with Crippen molar-refractivity contribution in [3.8, 4) is 0 Å². The summed E-state index contributed by atoms with van der Waals surface area (Å²) in [4.78, 5) is 21.3. The number of hydrogen-bond donors (Lipinski definition) is 2. The summed E-state index contributed by atoms with van der Waals surface area (Å²) < 4.78 is 5.12. The number of urea groups is 1. The molecule has 0 bridgehead atoms. The number of carbonyl (C=O) groups excluding carboxylic acids is 2. The third-order valence-corrected chi connectivity index (χ3v) is 1.90. The van der Waals surface area contributed by atoms with Crippen LogP contribution in [0.15, 0.2) is 0 Å². The Bertz CT molecular complexity index is 200. The van der Waals surface area contributed by atoms with Gasteiger partial charge in [-0.2, -0.15) is 0 Å². The minimum Gasteiger partial charge on any atom is -0.381 e. The first-order valence-corrected chi connectivity index (χ1v) is 4.21. The van der Waals surface area contributed by atoms with Crippen LogP contribution in [0.3, 0.4) is 0 Å². The van der Waals surface area contributed by atoms with E-state index in [0.29, 0.717) is 13.2 Å². The standard InChI is InChI=1S/C8H13N2O3/c9-8(12)10-7(11)5-6-1-3-13-4-2-6/h5-6H,1-4H2,(H3,9,10,11,12). The van der Waals surface area contributed by atoms with E-state index in [1.165, 1.54) is 6.42 Å². The molecule has 1 fully saturated rings. The molecule has 1 radical (unpaired) electrons. The van der Waals surface area contributed by atoms with Gasteiger partial charge < -0.3 is 10.5 Å². The average Bonchev–Trinajstić information content (AvgIpc) is 2.04. The lowest BCUT2D eigenvalue weighted by Gasteiger charge is -2.20. The first kappa shape index (κ1) is 9.98. The van der Waals surface area contributed by atoms with Crippen LogP contribution in [0.5, 0.6) is 0 Å². The Labute approximate surface area is 76.6 Å². The normalized spacial score (nSPS) is 18.2. The van der Waals surface area contributed by atoms with E-state index < -0.39 is 11.9 Å². The zero-order valence-corrected chi connectivity index (χ0v) is 7.29.